The number of carbonyl (C=O) groups excluding carboxylic acids is 1. The van der Waals surface area contributed by atoms with Gasteiger partial charge in [0.15, 0.2) is 9.84 Å². The first-order valence-corrected chi connectivity index (χ1v) is 9.41. The molecule has 2 N–H and O–H groups in total. The molecule has 0 radical (unpaired) electrons. The van der Waals surface area contributed by atoms with Gasteiger partial charge in [-0.15, -0.1) is 0 Å². The fourth-order valence-electron chi connectivity index (χ4n) is 2.25. The molecule has 0 unspecified atom stereocenters. The van der Waals surface area contributed by atoms with Gasteiger partial charge in [-0.1, -0.05) is 13.0 Å². The van der Waals surface area contributed by atoms with Crippen LogP contribution in [0.2, 0.25) is 0 Å². The second-order valence-electron chi connectivity index (χ2n) is 5.41. The molecule has 0 bridgehead atoms. The molecule has 2 amide bonds. The number of nitrogens with one attached hydrogen (secondary N) is 2. The highest BCUT2D eigenvalue weighted by molar-refractivity contribution is 7.91. The van der Waals surface area contributed by atoms with Crippen LogP contribution in [0.4, 0.5) is 9.18 Å². The second kappa shape index (κ2) is 8.57. The van der Waals surface area contributed by atoms with Crippen molar-refractivity contribution < 1.29 is 17.6 Å². The molecular weight excluding hydrogens is 345 g/mol. The molecule has 134 valence electrons. The number of rotatable bonds is 7. The van der Waals surface area contributed by atoms with Crippen LogP contribution in [-0.4, -0.2) is 32.5 Å². The van der Waals surface area contributed by atoms with Gasteiger partial charge in [-0.05, 0) is 42.3 Å². The fourth-order valence-corrected chi connectivity index (χ4v) is 3.89. The van der Waals surface area contributed by atoms with Crippen LogP contribution >= 0.6 is 0 Å². The first kappa shape index (κ1) is 18.9. The summed E-state index contributed by atoms with van der Waals surface area (Å²) in [6, 6.07) is 7.42. The zero-order valence-electron chi connectivity index (χ0n) is 13.8. The Labute approximate surface area is 146 Å². The monoisotopic (exact) mass is 365 g/mol. The van der Waals surface area contributed by atoms with Crippen LogP contribution in [0.3, 0.4) is 0 Å². The van der Waals surface area contributed by atoms with E-state index in [2.05, 4.69) is 15.6 Å². The van der Waals surface area contributed by atoms with Crippen LogP contribution in [0.5, 0.6) is 0 Å². The van der Waals surface area contributed by atoms with Gasteiger partial charge in [-0.2, -0.15) is 0 Å². The van der Waals surface area contributed by atoms with Crippen LogP contribution in [0.15, 0.2) is 53.7 Å². The molecule has 0 spiro atoms. The third-order valence-electron chi connectivity index (χ3n) is 3.56. The van der Waals surface area contributed by atoms with E-state index in [1.807, 2.05) is 6.92 Å². The molecule has 0 aliphatic rings. The number of urea groups is 1. The molecule has 2 rings (SSSR count). The van der Waals surface area contributed by atoms with Crippen LogP contribution in [-0.2, 0) is 9.84 Å². The second-order valence-corrected chi connectivity index (χ2v) is 7.54. The lowest BCUT2D eigenvalue weighted by Gasteiger charge is -2.19. The predicted octanol–water partition coefficient (Wildman–Crippen LogP) is 2.44. The lowest BCUT2D eigenvalue weighted by molar-refractivity contribution is 0.241. The summed E-state index contributed by atoms with van der Waals surface area (Å²) in [5.41, 5.74) is 0.447. The summed E-state index contributed by atoms with van der Waals surface area (Å²) in [6.45, 7) is 2.28. The third-order valence-corrected chi connectivity index (χ3v) is 5.67. The summed E-state index contributed by atoms with van der Waals surface area (Å²) in [4.78, 5) is 15.7. The Morgan fingerprint density at radius 1 is 1.20 bits per heavy atom. The van der Waals surface area contributed by atoms with Crippen molar-refractivity contribution in [1.82, 2.24) is 15.6 Å². The number of nitrogens with zero attached hydrogens (tertiary/aromatic N) is 1. The minimum atomic E-state index is -3.84. The Kier molecular flexibility index (Phi) is 6.46. The Morgan fingerprint density at radius 3 is 2.52 bits per heavy atom. The number of aromatic nitrogens is 1. The molecule has 1 aromatic carbocycles. The summed E-state index contributed by atoms with van der Waals surface area (Å²) >= 11 is 0. The van der Waals surface area contributed by atoms with Gasteiger partial charge < -0.3 is 10.6 Å². The van der Waals surface area contributed by atoms with E-state index in [1.165, 1.54) is 24.5 Å². The number of pyridine rings is 1. The molecule has 1 heterocycles. The number of hydrogen-bond donors (Lipinski definition) is 2. The molecule has 0 fully saturated rings. The molecule has 0 saturated carbocycles. The van der Waals surface area contributed by atoms with Crippen molar-refractivity contribution in [2.24, 2.45) is 0 Å². The van der Waals surface area contributed by atoms with E-state index in [0.717, 1.165) is 18.6 Å². The number of halogens is 1. The SMILES string of the molecule is CCCNC(=O)NC[C@@H](c1cccnc1)S(=O)(=O)c1ccc(F)cc1. The molecule has 0 aliphatic carbocycles. The van der Waals surface area contributed by atoms with Crippen molar-refractivity contribution in [2.45, 2.75) is 23.5 Å². The van der Waals surface area contributed by atoms with Crippen molar-refractivity contribution in [3.63, 3.8) is 0 Å². The van der Waals surface area contributed by atoms with Gasteiger partial charge in [-0.25, -0.2) is 17.6 Å². The number of carbonyl (C=O) groups is 1. The first-order chi connectivity index (χ1) is 11.9. The zero-order valence-corrected chi connectivity index (χ0v) is 14.6. The smallest absolute Gasteiger partial charge is 0.314 e. The van der Waals surface area contributed by atoms with Gasteiger partial charge >= 0.3 is 6.03 Å². The summed E-state index contributed by atoms with van der Waals surface area (Å²) < 4.78 is 39.0. The van der Waals surface area contributed by atoms with Gasteiger partial charge in [0.1, 0.15) is 11.1 Å². The molecule has 8 heteroatoms. The van der Waals surface area contributed by atoms with E-state index < -0.39 is 26.9 Å². The maximum Gasteiger partial charge on any atom is 0.314 e. The van der Waals surface area contributed by atoms with Gasteiger partial charge in [0.2, 0.25) is 0 Å². The quantitative estimate of drug-likeness (QED) is 0.738. The van der Waals surface area contributed by atoms with E-state index in [9.17, 15) is 17.6 Å². The van der Waals surface area contributed by atoms with Crippen LogP contribution in [0, 0.1) is 5.82 Å². The van der Waals surface area contributed by atoms with E-state index in [1.54, 1.807) is 12.1 Å². The highest BCUT2D eigenvalue weighted by atomic mass is 32.2. The summed E-state index contributed by atoms with van der Waals surface area (Å²) in [7, 11) is -3.84. The molecule has 25 heavy (non-hydrogen) atoms. The number of sulfone groups is 1. The minimum Gasteiger partial charge on any atom is -0.338 e. The number of hydrogen-bond acceptors (Lipinski definition) is 4. The molecule has 0 aliphatic heterocycles. The minimum absolute atomic E-state index is 0.0153. The first-order valence-electron chi connectivity index (χ1n) is 7.86. The summed E-state index contributed by atoms with van der Waals surface area (Å²) in [5, 5.41) is 4.17. The van der Waals surface area contributed by atoms with E-state index in [0.29, 0.717) is 12.1 Å². The zero-order chi connectivity index (χ0) is 18.3. The molecular formula is C17H20FN3O3S. The van der Waals surface area contributed by atoms with Crippen LogP contribution in [0.1, 0.15) is 24.2 Å². The molecule has 1 aromatic heterocycles. The largest absolute Gasteiger partial charge is 0.338 e. The Morgan fingerprint density at radius 2 is 1.92 bits per heavy atom. The van der Waals surface area contributed by atoms with Crippen molar-refractivity contribution in [2.75, 3.05) is 13.1 Å². The lowest BCUT2D eigenvalue weighted by atomic mass is 10.2. The summed E-state index contributed by atoms with van der Waals surface area (Å²) in [6.07, 6.45) is 3.75. The molecule has 2 aromatic rings. The van der Waals surface area contributed by atoms with Crippen molar-refractivity contribution >= 4 is 15.9 Å². The van der Waals surface area contributed by atoms with Gasteiger partial charge in [0, 0.05) is 25.5 Å². The predicted molar refractivity (Wildman–Crippen MR) is 92.3 cm³/mol. The van der Waals surface area contributed by atoms with Gasteiger partial charge in [0.05, 0.1) is 4.90 Å². The van der Waals surface area contributed by atoms with E-state index in [4.69, 9.17) is 0 Å². The van der Waals surface area contributed by atoms with Crippen molar-refractivity contribution in [1.29, 1.82) is 0 Å². The average Bonchev–Trinajstić information content (AvgIpc) is 2.61. The maximum atomic E-state index is 13.1. The summed E-state index contributed by atoms with van der Waals surface area (Å²) in [5.74, 6) is -0.519. The van der Waals surface area contributed by atoms with Crippen molar-refractivity contribution in [3.8, 4) is 0 Å². The van der Waals surface area contributed by atoms with Gasteiger partial charge in [0.25, 0.3) is 0 Å². The normalized spacial score (nSPS) is 12.4. The molecule has 1 atom stereocenters. The third kappa shape index (κ3) is 4.99. The topological polar surface area (TPSA) is 88.2 Å². The Bertz CT molecular complexity index is 796. The van der Waals surface area contributed by atoms with E-state index >= 15 is 0 Å². The van der Waals surface area contributed by atoms with Crippen LogP contribution < -0.4 is 10.6 Å². The van der Waals surface area contributed by atoms with Gasteiger partial charge in [-0.3, -0.25) is 4.98 Å². The maximum absolute atomic E-state index is 13.1. The highest BCUT2D eigenvalue weighted by Gasteiger charge is 2.29. The average molecular weight is 365 g/mol. The van der Waals surface area contributed by atoms with Crippen molar-refractivity contribution in [3.05, 3.63) is 60.2 Å². The van der Waals surface area contributed by atoms with E-state index in [-0.39, 0.29) is 11.4 Å². The molecule has 0 saturated heterocycles. The number of benzene rings is 1. The Hall–Kier alpha value is -2.48. The lowest BCUT2D eigenvalue weighted by Crippen LogP contribution is -2.39. The molecule has 6 nitrogen and oxygen atoms in total. The van der Waals surface area contributed by atoms with Crippen LogP contribution in [0.25, 0.3) is 0 Å². The standard InChI is InChI=1S/C17H20FN3O3S/c1-2-9-20-17(22)21-12-16(13-4-3-10-19-11-13)25(23,24)15-7-5-14(18)6-8-15/h3-8,10-11,16H,2,9,12H2,1H3,(H2,20,21,22)/t16-/m0/s1. The highest BCUT2D eigenvalue weighted by Crippen LogP contribution is 2.28. The Balaban J connectivity index is 2.28. The fraction of sp³-hybridized carbons (Fsp3) is 0.294. The number of amides is 2.